The Morgan fingerprint density at radius 1 is 1.32 bits per heavy atom. The first-order valence-corrected chi connectivity index (χ1v) is 8.65. The summed E-state index contributed by atoms with van der Waals surface area (Å²) in [5.74, 6) is -1.07. The molecule has 0 N–H and O–H groups in total. The molecule has 0 heterocycles. The van der Waals surface area contributed by atoms with E-state index in [0.717, 1.165) is 12.8 Å². The average molecular weight is 364 g/mol. The predicted octanol–water partition coefficient (Wildman–Crippen LogP) is 3.26. The molecule has 1 unspecified atom stereocenters. The Morgan fingerprint density at radius 3 is 2.68 bits per heavy atom. The largest absolute Gasteiger partial charge is 0.452 e. The van der Waals surface area contributed by atoms with Crippen molar-refractivity contribution in [2.24, 2.45) is 0 Å². The van der Waals surface area contributed by atoms with Crippen molar-refractivity contribution < 1.29 is 19.1 Å². The second kappa shape index (κ2) is 8.30. The molecule has 0 aliphatic heterocycles. The highest BCUT2D eigenvalue weighted by molar-refractivity contribution is 6.31. The van der Waals surface area contributed by atoms with E-state index in [4.69, 9.17) is 16.3 Å². The summed E-state index contributed by atoms with van der Waals surface area (Å²) < 4.78 is 4.94. The molecule has 25 heavy (non-hydrogen) atoms. The average Bonchev–Trinajstić information content (AvgIpc) is 2.60. The number of rotatable bonds is 5. The zero-order valence-corrected chi connectivity index (χ0v) is 15.2. The Labute approximate surface area is 152 Å². The smallest absolute Gasteiger partial charge is 0.330 e. The van der Waals surface area contributed by atoms with Gasteiger partial charge in [-0.05, 0) is 32.3 Å². The summed E-state index contributed by atoms with van der Waals surface area (Å²) in [6.45, 7) is 1.27. The van der Waals surface area contributed by atoms with E-state index < -0.39 is 24.0 Å². The lowest BCUT2D eigenvalue weighted by molar-refractivity contribution is -0.155. The Bertz CT molecular complexity index is 700. The third-order valence-corrected chi connectivity index (χ3v) is 4.89. The Morgan fingerprint density at radius 2 is 2.04 bits per heavy atom. The summed E-state index contributed by atoms with van der Waals surface area (Å²) >= 11 is 6.35. The van der Waals surface area contributed by atoms with E-state index >= 15 is 0 Å². The van der Waals surface area contributed by atoms with Gasteiger partial charge in [0, 0.05) is 30.1 Å². The maximum Gasteiger partial charge on any atom is 0.330 e. The second-order valence-corrected chi connectivity index (χ2v) is 6.44. The zero-order chi connectivity index (χ0) is 18.4. The van der Waals surface area contributed by atoms with Crippen LogP contribution in [0.5, 0.6) is 0 Å². The maximum absolute atomic E-state index is 12.9. The number of nitrogens with zero attached hydrogens (tertiary/aromatic N) is 1. The lowest BCUT2D eigenvalue weighted by Gasteiger charge is -2.43. The van der Waals surface area contributed by atoms with Crippen LogP contribution in [-0.2, 0) is 24.7 Å². The van der Waals surface area contributed by atoms with Crippen molar-refractivity contribution in [1.29, 1.82) is 0 Å². The molecule has 6 heteroatoms. The normalized spacial score (nSPS) is 20.5. The number of Topliss-reactive ketones (excluding diaryl/α,β-unsaturated/α-hetero) is 1. The number of amides is 1. The maximum atomic E-state index is 12.9. The fraction of sp³-hybridized carbons (Fsp3) is 0.421. The summed E-state index contributed by atoms with van der Waals surface area (Å²) in [6, 6.07) is 7.08. The SMILES string of the molecule is C/C=C/C(=O)OCC(=O)N(C)C1(c2ccccc2Cl)CCCCC1=O. The standard InChI is InChI=1S/C19H22ClNO4/c1-3-8-18(24)25-13-17(23)21(2)19(12-7-6-11-16(19)22)14-9-4-5-10-15(14)20/h3-5,8-10H,6-7,11-13H2,1-2H3/b8-3+. The first-order valence-electron chi connectivity index (χ1n) is 8.28. The van der Waals surface area contributed by atoms with Crippen molar-refractivity contribution in [2.45, 2.75) is 38.1 Å². The van der Waals surface area contributed by atoms with Gasteiger partial charge in [0.15, 0.2) is 12.4 Å². The van der Waals surface area contributed by atoms with E-state index in [-0.39, 0.29) is 5.78 Å². The van der Waals surface area contributed by atoms with Gasteiger partial charge in [-0.1, -0.05) is 35.9 Å². The molecule has 1 fully saturated rings. The van der Waals surface area contributed by atoms with E-state index in [0.29, 0.717) is 23.4 Å². The lowest BCUT2D eigenvalue weighted by Crippen LogP contribution is -2.55. The van der Waals surface area contributed by atoms with Crippen LogP contribution < -0.4 is 0 Å². The number of halogens is 1. The predicted molar refractivity (Wildman–Crippen MR) is 95.1 cm³/mol. The minimum Gasteiger partial charge on any atom is -0.452 e. The van der Waals surface area contributed by atoms with E-state index in [2.05, 4.69) is 0 Å². The molecule has 0 aromatic heterocycles. The van der Waals surface area contributed by atoms with Gasteiger partial charge in [-0.2, -0.15) is 0 Å². The van der Waals surface area contributed by atoms with Crippen molar-refractivity contribution in [2.75, 3.05) is 13.7 Å². The zero-order valence-electron chi connectivity index (χ0n) is 14.5. The first-order chi connectivity index (χ1) is 11.9. The van der Waals surface area contributed by atoms with Gasteiger partial charge in [0.2, 0.25) is 0 Å². The van der Waals surface area contributed by atoms with Crippen molar-refractivity contribution in [3.05, 3.63) is 47.0 Å². The van der Waals surface area contributed by atoms with Crippen molar-refractivity contribution in [3.8, 4) is 0 Å². The van der Waals surface area contributed by atoms with Crippen molar-refractivity contribution in [1.82, 2.24) is 4.90 Å². The van der Waals surface area contributed by atoms with Crippen LogP contribution in [0, 0.1) is 0 Å². The number of esters is 1. The molecule has 134 valence electrons. The summed E-state index contributed by atoms with van der Waals surface area (Å²) in [4.78, 5) is 38.3. The third-order valence-electron chi connectivity index (χ3n) is 4.56. The van der Waals surface area contributed by atoms with Crippen molar-refractivity contribution in [3.63, 3.8) is 0 Å². The molecule has 0 radical (unpaired) electrons. The van der Waals surface area contributed by atoms with Gasteiger partial charge in [-0.3, -0.25) is 9.59 Å². The number of hydrogen-bond donors (Lipinski definition) is 0. The molecule has 1 aromatic carbocycles. The molecule has 0 saturated heterocycles. The molecular formula is C19H22ClNO4. The lowest BCUT2D eigenvalue weighted by atomic mass is 9.74. The summed E-state index contributed by atoms with van der Waals surface area (Å²) in [6.07, 6.45) is 5.27. The number of likely N-dealkylation sites (N-methyl/N-ethyl adjacent to an activating group) is 1. The molecule has 5 nitrogen and oxygen atoms in total. The van der Waals surface area contributed by atoms with Crippen LogP contribution in [0.15, 0.2) is 36.4 Å². The number of carbonyl (C=O) groups is 3. The van der Waals surface area contributed by atoms with Gasteiger partial charge in [-0.15, -0.1) is 0 Å². The number of carbonyl (C=O) groups excluding carboxylic acids is 3. The van der Waals surface area contributed by atoms with E-state index in [9.17, 15) is 14.4 Å². The topological polar surface area (TPSA) is 63.7 Å². The van der Waals surface area contributed by atoms with Gasteiger partial charge in [0.05, 0.1) is 0 Å². The van der Waals surface area contributed by atoms with E-state index in [1.54, 1.807) is 38.2 Å². The van der Waals surface area contributed by atoms with Gasteiger partial charge < -0.3 is 9.64 Å². The first kappa shape index (κ1) is 19.2. The second-order valence-electron chi connectivity index (χ2n) is 6.03. The minimum absolute atomic E-state index is 0.0394. The number of hydrogen-bond acceptors (Lipinski definition) is 4. The van der Waals surface area contributed by atoms with Crippen LogP contribution in [0.2, 0.25) is 5.02 Å². The minimum atomic E-state index is -1.11. The Kier molecular flexibility index (Phi) is 6.37. The number of allylic oxidation sites excluding steroid dienone is 1. The highest BCUT2D eigenvalue weighted by Crippen LogP contribution is 2.42. The van der Waals surface area contributed by atoms with Crippen molar-refractivity contribution >= 4 is 29.3 Å². The monoisotopic (exact) mass is 363 g/mol. The fourth-order valence-corrected chi connectivity index (χ4v) is 3.55. The molecule has 2 rings (SSSR count). The Balaban J connectivity index is 2.33. The molecule has 1 atom stereocenters. The molecular weight excluding hydrogens is 342 g/mol. The molecule has 1 aliphatic rings. The third kappa shape index (κ3) is 3.93. The fourth-order valence-electron chi connectivity index (χ4n) is 3.26. The number of ketones is 1. The van der Waals surface area contributed by atoms with Gasteiger partial charge >= 0.3 is 5.97 Å². The summed E-state index contributed by atoms with van der Waals surface area (Å²) in [5, 5.41) is 0.448. The highest BCUT2D eigenvalue weighted by atomic mass is 35.5. The summed E-state index contributed by atoms with van der Waals surface area (Å²) in [5.41, 5.74) is -0.488. The molecule has 0 spiro atoms. The Hall–Kier alpha value is -2.14. The van der Waals surface area contributed by atoms with Crippen LogP contribution in [0.1, 0.15) is 38.2 Å². The molecule has 0 bridgehead atoms. The van der Waals surface area contributed by atoms with Crippen LogP contribution in [0.3, 0.4) is 0 Å². The van der Waals surface area contributed by atoms with E-state index in [1.165, 1.54) is 17.1 Å². The van der Waals surface area contributed by atoms with Gasteiger partial charge in [0.25, 0.3) is 5.91 Å². The quantitative estimate of drug-likeness (QED) is 0.595. The van der Waals surface area contributed by atoms with Gasteiger partial charge in [0.1, 0.15) is 5.54 Å². The van der Waals surface area contributed by atoms with Crippen LogP contribution in [0.4, 0.5) is 0 Å². The van der Waals surface area contributed by atoms with Crippen LogP contribution in [0.25, 0.3) is 0 Å². The van der Waals surface area contributed by atoms with Crippen LogP contribution >= 0.6 is 11.6 Å². The molecule has 1 amide bonds. The van der Waals surface area contributed by atoms with Crippen LogP contribution in [-0.4, -0.2) is 36.2 Å². The number of ether oxygens (including phenoxy) is 1. The van der Waals surface area contributed by atoms with E-state index in [1.807, 2.05) is 0 Å². The highest BCUT2D eigenvalue weighted by Gasteiger charge is 2.47. The molecule has 1 saturated carbocycles. The molecule has 1 aromatic rings. The van der Waals surface area contributed by atoms with Gasteiger partial charge in [-0.25, -0.2) is 4.79 Å². The number of benzene rings is 1. The summed E-state index contributed by atoms with van der Waals surface area (Å²) in [7, 11) is 1.57. The molecule has 1 aliphatic carbocycles.